The van der Waals surface area contributed by atoms with E-state index in [9.17, 15) is 4.79 Å². The largest absolute Gasteiger partial charge is 0.353 e. The first-order chi connectivity index (χ1) is 10.8. The zero-order valence-corrected chi connectivity index (χ0v) is 13.3. The van der Waals surface area contributed by atoms with Gasteiger partial charge >= 0.3 is 0 Å². The summed E-state index contributed by atoms with van der Waals surface area (Å²) in [6, 6.07) is 11.0. The highest BCUT2D eigenvalue weighted by molar-refractivity contribution is 5.79. The average molecular weight is 301 g/mol. The van der Waals surface area contributed by atoms with Crippen LogP contribution in [-0.2, 0) is 11.3 Å². The van der Waals surface area contributed by atoms with Gasteiger partial charge < -0.3 is 10.6 Å². The number of hydrogen-bond donors (Lipinski definition) is 2. The van der Waals surface area contributed by atoms with Gasteiger partial charge in [-0.15, -0.1) is 0 Å². The summed E-state index contributed by atoms with van der Waals surface area (Å²) in [5, 5.41) is 6.59. The Labute approximate surface area is 133 Å². The first kappa shape index (κ1) is 15.5. The minimum absolute atomic E-state index is 0.177. The van der Waals surface area contributed by atoms with Gasteiger partial charge in [-0.2, -0.15) is 0 Å². The van der Waals surface area contributed by atoms with E-state index in [0.717, 1.165) is 58.4 Å². The molecule has 0 unspecified atom stereocenters. The van der Waals surface area contributed by atoms with E-state index in [1.165, 1.54) is 5.56 Å². The number of carbonyl (C=O) groups excluding carboxylic acids is 1. The van der Waals surface area contributed by atoms with Crippen molar-refractivity contribution in [3.05, 3.63) is 35.9 Å². The molecule has 0 saturated carbocycles. The fourth-order valence-corrected chi connectivity index (χ4v) is 3.47. The quantitative estimate of drug-likeness (QED) is 0.891. The van der Waals surface area contributed by atoms with Crippen LogP contribution in [0.25, 0.3) is 0 Å². The summed E-state index contributed by atoms with van der Waals surface area (Å²) in [5.41, 5.74) is 1.37. The van der Waals surface area contributed by atoms with E-state index in [2.05, 4.69) is 45.9 Å². The van der Waals surface area contributed by atoms with Crippen molar-refractivity contribution in [2.45, 2.75) is 38.3 Å². The van der Waals surface area contributed by atoms with Crippen molar-refractivity contribution in [3.8, 4) is 0 Å². The molecule has 1 amide bonds. The maximum Gasteiger partial charge on any atom is 0.224 e. The monoisotopic (exact) mass is 301 g/mol. The second kappa shape index (κ2) is 7.75. The van der Waals surface area contributed by atoms with Gasteiger partial charge in [0.15, 0.2) is 0 Å². The number of nitrogens with zero attached hydrogens (tertiary/aromatic N) is 1. The molecule has 2 heterocycles. The third-order valence-electron chi connectivity index (χ3n) is 4.85. The molecule has 2 aliphatic heterocycles. The fourth-order valence-electron chi connectivity index (χ4n) is 3.47. The molecule has 2 saturated heterocycles. The Morgan fingerprint density at radius 2 is 1.95 bits per heavy atom. The molecule has 0 spiro atoms. The maximum atomic E-state index is 12.3. The molecule has 4 heteroatoms. The number of nitrogens with one attached hydrogen (secondary N) is 2. The molecule has 1 aromatic carbocycles. The second-order valence-corrected chi connectivity index (χ2v) is 6.59. The normalized spacial score (nSPS) is 24.1. The van der Waals surface area contributed by atoms with Crippen LogP contribution < -0.4 is 10.6 Å². The van der Waals surface area contributed by atoms with Crippen molar-refractivity contribution in [1.29, 1.82) is 0 Å². The highest BCUT2D eigenvalue weighted by Crippen LogP contribution is 2.16. The van der Waals surface area contributed by atoms with Crippen molar-refractivity contribution >= 4 is 5.91 Å². The van der Waals surface area contributed by atoms with Gasteiger partial charge in [-0.3, -0.25) is 9.69 Å². The number of piperidine rings is 2. The summed E-state index contributed by atoms with van der Waals surface area (Å²) in [4.78, 5) is 14.8. The third kappa shape index (κ3) is 4.31. The number of likely N-dealkylation sites (tertiary alicyclic amines) is 1. The van der Waals surface area contributed by atoms with Crippen LogP contribution in [0.2, 0.25) is 0 Å². The maximum absolute atomic E-state index is 12.3. The summed E-state index contributed by atoms with van der Waals surface area (Å²) in [5.74, 6) is 0.435. The number of hydrogen-bond acceptors (Lipinski definition) is 3. The number of rotatable bonds is 4. The van der Waals surface area contributed by atoms with E-state index in [0.29, 0.717) is 6.04 Å². The molecule has 22 heavy (non-hydrogen) atoms. The van der Waals surface area contributed by atoms with Crippen LogP contribution in [0, 0.1) is 5.92 Å². The van der Waals surface area contributed by atoms with Gasteiger partial charge in [0.2, 0.25) is 5.91 Å². The molecule has 0 aliphatic carbocycles. The minimum atomic E-state index is 0.177. The van der Waals surface area contributed by atoms with Crippen molar-refractivity contribution in [2.24, 2.45) is 5.92 Å². The van der Waals surface area contributed by atoms with Gasteiger partial charge in [0.05, 0.1) is 5.92 Å². The Bertz CT molecular complexity index is 462. The topological polar surface area (TPSA) is 44.4 Å². The molecule has 120 valence electrons. The standard InChI is InChI=1S/C18H27N3O/c22-18(16-7-4-10-19-13-16)20-17-8-11-21(12-9-17)14-15-5-2-1-3-6-15/h1-3,5-6,16-17,19H,4,7-14H2,(H,20,22)/t16-/m1/s1. The van der Waals surface area contributed by atoms with Crippen LogP contribution in [0.3, 0.4) is 0 Å². The van der Waals surface area contributed by atoms with Gasteiger partial charge in [0, 0.05) is 32.2 Å². The van der Waals surface area contributed by atoms with E-state index in [4.69, 9.17) is 0 Å². The van der Waals surface area contributed by atoms with Gasteiger partial charge in [-0.05, 0) is 37.8 Å². The van der Waals surface area contributed by atoms with Crippen LogP contribution in [0.5, 0.6) is 0 Å². The molecule has 2 N–H and O–H groups in total. The highest BCUT2D eigenvalue weighted by Gasteiger charge is 2.25. The molecule has 1 atom stereocenters. The Balaban J connectivity index is 1.40. The van der Waals surface area contributed by atoms with Crippen molar-refractivity contribution in [1.82, 2.24) is 15.5 Å². The van der Waals surface area contributed by atoms with E-state index in [1.807, 2.05) is 0 Å². The molecular formula is C18H27N3O. The Morgan fingerprint density at radius 1 is 1.18 bits per heavy atom. The van der Waals surface area contributed by atoms with Crippen molar-refractivity contribution in [2.75, 3.05) is 26.2 Å². The van der Waals surface area contributed by atoms with Crippen LogP contribution in [0.4, 0.5) is 0 Å². The molecule has 0 radical (unpaired) electrons. The number of carbonyl (C=O) groups is 1. The molecule has 2 aliphatic rings. The predicted molar refractivity (Wildman–Crippen MR) is 88.5 cm³/mol. The summed E-state index contributed by atoms with van der Waals surface area (Å²) in [7, 11) is 0. The SMILES string of the molecule is O=C(NC1CCN(Cc2ccccc2)CC1)[C@@H]1CCCNC1. The first-order valence-electron chi connectivity index (χ1n) is 8.58. The van der Waals surface area contributed by atoms with Crippen molar-refractivity contribution < 1.29 is 4.79 Å². The molecule has 0 bridgehead atoms. The number of amides is 1. The average Bonchev–Trinajstić information content (AvgIpc) is 2.58. The molecule has 0 aromatic heterocycles. The van der Waals surface area contributed by atoms with Gasteiger partial charge in [0.25, 0.3) is 0 Å². The van der Waals surface area contributed by atoms with Crippen molar-refractivity contribution in [3.63, 3.8) is 0 Å². The summed E-state index contributed by atoms with van der Waals surface area (Å²) < 4.78 is 0. The van der Waals surface area contributed by atoms with E-state index in [-0.39, 0.29) is 11.8 Å². The summed E-state index contributed by atoms with van der Waals surface area (Å²) in [6.07, 6.45) is 4.29. The second-order valence-electron chi connectivity index (χ2n) is 6.59. The Morgan fingerprint density at radius 3 is 2.64 bits per heavy atom. The molecule has 4 nitrogen and oxygen atoms in total. The Hall–Kier alpha value is -1.39. The number of benzene rings is 1. The lowest BCUT2D eigenvalue weighted by Crippen LogP contribution is -2.48. The Kier molecular flexibility index (Phi) is 5.46. The molecular weight excluding hydrogens is 274 g/mol. The smallest absolute Gasteiger partial charge is 0.224 e. The minimum Gasteiger partial charge on any atom is -0.353 e. The third-order valence-corrected chi connectivity index (χ3v) is 4.85. The van der Waals surface area contributed by atoms with Gasteiger partial charge in [-0.1, -0.05) is 30.3 Å². The van der Waals surface area contributed by atoms with E-state index in [1.54, 1.807) is 0 Å². The zero-order valence-electron chi connectivity index (χ0n) is 13.3. The summed E-state index contributed by atoms with van der Waals surface area (Å²) in [6.45, 7) is 5.07. The van der Waals surface area contributed by atoms with Crippen LogP contribution >= 0.6 is 0 Å². The lowest BCUT2D eigenvalue weighted by atomic mass is 9.97. The highest BCUT2D eigenvalue weighted by atomic mass is 16.2. The first-order valence-corrected chi connectivity index (χ1v) is 8.58. The molecule has 2 fully saturated rings. The van der Waals surface area contributed by atoms with Crippen LogP contribution in [-0.4, -0.2) is 43.0 Å². The molecule has 3 rings (SSSR count). The summed E-state index contributed by atoms with van der Waals surface area (Å²) >= 11 is 0. The van der Waals surface area contributed by atoms with Crippen LogP contribution in [0.1, 0.15) is 31.2 Å². The zero-order chi connectivity index (χ0) is 15.2. The van der Waals surface area contributed by atoms with Gasteiger partial charge in [-0.25, -0.2) is 0 Å². The van der Waals surface area contributed by atoms with E-state index < -0.39 is 0 Å². The molecule has 1 aromatic rings. The van der Waals surface area contributed by atoms with E-state index >= 15 is 0 Å². The lowest BCUT2D eigenvalue weighted by molar-refractivity contribution is -0.126. The van der Waals surface area contributed by atoms with Crippen LogP contribution in [0.15, 0.2) is 30.3 Å². The lowest BCUT2D eigenvalue weighted by Gasteiger charge is -2.33. The van der Waals surface area contributed by atoms with Gasteiger partial charge in [0.1, 0.15) is 0 Å². The fraction of sp³-hybridized carbons (Fsp3) is 0.611. The predicted octanol–water partition coefficient (Wildman–Crippen LogP) is 1.77.